The molecule has 31 heavy (non-hydrogen) atoms. The molecular weight excluding hydrogens is 399 g/mol. The number of alkyl halides is 1. The van der Waals surface area contributed by atoms with Gasteiger partial charge in [0.25, 0.3) is 5.91 Å². The van der Waals surface area contributed by atoms with E-state index in [1.54, 1.807) is 23.0 Å². The number of nitrogens with one attached hydrogen (secondary N) is 2. The van der Waals surface area contributed by atoms with Crippen LogP contribution in [0.1, 0.15) is 49.0 Å². The summed E-state index contributed by atoms with van der Waals surface area (Å²) < 4.78 is 15.8. The van der Waals surface area contributed by atoms with Crippen LogP contribution in [-0.2, 0) is 0 Å². The van der Waals surface area contributed by atoms with E-state index in [9.17, 15) is 14.3 Å². The minimum absolute atomic E-state index is 0.287. The average Bonchev–Trinajstić information content (AvgIpc) is 3.10. The molecule has 164 valence electrons. The number of amides is 1. The van der Waals surface area contributed by atoms with Crippen LogP contribution in [0.15, 0.2) is 30.7 Å². The summed E-state index contributed by atoms with van der Waals surface area (Å²) in [5.74, 6) is -0.445. The fourth-order valence-corrected chi connectivity index (χ4v) is 3.34. The van der Waals surface area contributed by atoms with E-state index in [-0.39, 0.29) is 12.6 Å². The van der Waals surface area contributed by atoms with Crippen LogP contribution in [0, 0.1) is 6.92 Å². The SMILES string of the molecule is Cc1cnn2c(-c3cc(NC4CCC4)c(C(=O)NC[C@@H](F)C(C)(C)O)cn3)cnc2c1. The summed E-state index contributed by atoms with van der Waals surface area (Å²) in [4.78, 5) is 21.6. The molecule has 3 aromatic rings. The van der Waals surface area contributed by atoms with Crippen LogP contribution in [0.2, 0.25) is 0 Å². The van der Waals surface area contributed by atoms with Crippen molar-refractivity contribution in [1.82, 2.24) is 24.9 Å². The van der Waals surface area contributed by atoms with Crippen LogP contribution in [0.25, 0.3) is 17.0 Å². The first-order valence-electron chi connectivity index (χ1n) is 10.4. The zero-order chi connectivity index (χ0) is 22.2. The predicted octanol–water partition coefficient (Wildman–Crippen LogP) is 2.90. The lowest BCUT2D eigenvalue weighted by atomic mass is 9.92. The third-order valence-electron chi connectivity index (χ3n) is 5.58. The molecule has 3 heterocycles. The molecule has 0 unspecified atom stereocenters. The predicted molar refractivity (Wildman–Crippen MR) is 116 cm³/mol. The second-order valence-electron chi connectivity index (χ2n) is 8.66. The van der Waals surface area contributed by atoms with Crippen LogP contribution in [0.4, 0.5) is 10.1 Å². The number of pyridine rings is 1. The topological polar surface area (TPSA) is 104 Å². The van der Waals surface area contributed by atoms with Crippen LogP contribution >= 0.6 is 0 Å². The second kappa shape index (κ2) is 8.22. The molecule has 1 saturated carbocycles. The van der Waals surface area contributed by atoms with Gasteiger partial charge < -0.3 is 15.7 Å². The van der Waals surface area contributed by atoms with Gasteiger partial charge in [0.2, 0.25) is 0 Å². The molecule has 1 atom stereocenters. The lowest BCUT2D eigenvalue weighted by molar-refractivity contribution is -0.00177. The van der Waals surface area contributed by atoms with E-state index < -0.39 is 17.7 Å². The summed E-state index contributed by atoms with van der Waals surface area (Å²) in [6.07, 6.45) is 6.55. The molecule has 1 aliphatic rings. The molecule has 8 nitrogen and oxygen atoms in total. The molecule has 1 amide bonds. The van der Waals surface area contributed by atoms with Crippen LogP contribution in [-0.4, -0.2) is 55.0 Å². The number of aryl methyl sites for hydroxylation is 1. The van der Waals surface area contributed by atoms with Crippen molar-refractivity contribution in [3.05, 3.63) is 41.9 Å². The van der Waals surface area contributed by atoms with E-state index in [4.69, 9.17) is 0 Å². The average molecular weight is 426 g/mol. The quantitative estimate of drug-likeness (QED) is 0.537. The van der Waals surface area contributed by atoms with Gasteiger partial charge in [0.1, 0.15) is 11.9 Å². The Labute approximate surface area is 179 Å². The summed E-state index contributed by atoms with van der Waals surface area (Å²) in [5, 5.41) is 20.1. The molecule has 4 rings (SSSR count). The summed E-state index contributed by atoms with van der Waals surface area (Å²) in [6, 6.07) is 4.03. The minimum atomic E-state index is -1.58. The zero-order valence-corrected chi connectivity index (χ0v) is 17.9. The number of aromatic nitrogens is 4. The Hall–Kier alpha value is -3.07. The smallest absolute Gasteiger partial charge is 0.255 e. The zero-order valence-electron chi connectivity index (χ0n) is 17.9. The maximum absolute atomic E-state index is 14.1. The van der Waals surface area contributed by atoms with Gasteiger partial charge >= 0.3 is 0 Å². The van der Waals surface area contributed by atoms with Crippen molar-refractivity contribution >= 4 is 17.2 Å². The van der Waals surface area contributed by atoms with Gasteiger partial charge in [-0.1, -0.05) is 0 Å². The van der Waals surface area contributed by atoms with Crippen molar-refractivity contribution in [2.75, 3.05) is 11.9 Å². The Balaban J connectivity index is 1.63. The lowest BCUT2D eigenvalue weighted by Crippen LogP contribution is -2.42. The fourth-order valence-electron chi connectivity index (χ4n) is 3.34. The van der Waals surface area contributed by atoms with E-state index in [1.807, 2.05) is 13.0 Å². The van der Waals surface area contributed by atoms with Crippen LogP contribution < -0.4 is 10.6 Å². The third-order valence-corrected chi connectivity index (χ3v) is 5.58. The summed E-state index contributed by atoms with van der Waals surface area (Å²) >= 11 is 0. The lowest BCUT2D eigenvalue weighted by Gasteiger charge is -2.28. The molecular formula is C22H27FN6O2. The number of carbonyl (C=O) groups excluding carboxylic acids is 1. The van der Waals surface area contributed by atoms with Crippen LogP contribution in [0.5, 0.6) is 0 Å². The number of carbonyl (C=O) groups is 1. The number of imidazole rings is 1. The Morgan fingerprint density at radius 2 is 2.06 bits per heavy atom. The van der Waals surface area contributed by atoms with Gasteiger partial charge in [-0.3, -0.25) is 9.78 Å². The summed E-state index contributed by atoms with van der Waals surface area (Å²) in [7, 11) is 0. The molecule has 0 aliphatic heterocycles. The summed E-state index contributed by atoms with van der Waals surface area (Å²) in [6.45, 7) is 4.40. The van der Waals surface area contributed by atoms with E-state index in [0.29, 0.717) is 28.3 Å². The number of rotatable bonds is 7. The van der Waals surface area contributed by atoms with E-state index >= 15 is 0 Å². The van der Waals surface area contributed by atoms with E-state index in [0.717, 1.165) is 24.8 Å². The molecule has 0 aromatic carbocycles. The van der Waals surface area contributed by atoms with E-state index in [2.05, 4.69) is 25.7 Å². The van der Waals surface area contributed by atoms with Crippen molar-refractivity contribution < 1.29 is 14.3 Å². The van der Waals surface area contributed by atoms with Gasteiger partial charge in [0.15, 0.2) is 5.65 Å². The highest BCUT2D eigenvalue weighted by Gasteiger charge is 2.28. The van der Waals surface area contributed by atoms with Crippen LogP contribution in [0.3, 0.4) is 0 Å². The Morgan fingerprint density at radius 1 is 1.29 bits per heavy atom. The van der Waals surface area contributed by atoms with Crippen molar-refractivity contribution in [3.63, 3.8) is 0 Å². The first-order chi connectivity index (χ1) is 14.7. The molecule has 1 fully saturated rings. The number of anilines is 1. The van der Waals surface area contributed by atoms with Crippen molar-refractivity contribution in [1.29, 1.82) is 0 Å². The van der Waals surface area contributed by atoms with Gasteiger partial charge in [0.05, 0.1) is 41.5 Å². The van der Waals surface area contributed by atoms with Crippen molar-refractivity contribution in [3.8, 4) is 11.4 Å². The highest BCUT2D eigenvalue weighted by atomic mass is 19.1. The number of nitrogens with zero attached hydrogens (tertiary/aromatic N) is 4. The van der Waals surface area contributed by atoms with Gasteiger partial charge in [0, 0.05) is 12.2 Å². The number of hydrogen-bond acceptors (Lipinski definition) is 6. The first-order valence-corrected chi connectivity index (χ1v) is 10.4. The normalized spacial score (nSPS) is 15.5. The summed E-state index contributed by atoms with van der Waals surface area (Å²) in [5.41, 5.74) is 2.49. The maximum atomic E-state index is 14.1. The molecule has 0 saturated heterocycles. The van der Waals surface area contributed by atoms with Gasteiger partial charge in [-0.25, -0.2) is 13.9 Å². The Bertz CT molecular complexity index is 1100. The Morgan fingerprint density at radius 3 is 2.74 bits per heavy atom. The van der Waals surface area contributed by atoms with Gasteiger partial charge in [-0.2, -0.15) is 5.10 Å². The number of aliphatic hydroxyl groups is 1. The molecule has 9 heteroatoms. The minimum Gasteiger partial charge on any atom is -0.387 e. The third kappa shape index (κ3) is 4.51. The maximum Gasteiger partial charge on any atom is 0.255 e. The second-order valence-corrected chi connectivity index (χ2v) is 8.66. The number of halogens is 1. The van der Waals surface area contributed by atoms with Gasteiger partial charge in [-0.05, 0) is 57.7 Å². The molecule has 0 radical (unpaired) electrons. The number of hydrogen-bond donors (Lipinski definition) is 3. The Kier molecular flexibility index (Phi) is 5.62. The fraction of sp³-hybridized carbons (Fsp3) is 0.455. The van der Waals surface area contributed by atoms with Gasteiger partial charge in [-0.15, -0.1) is 0 Å². The molecule has 1 aliphatic carbocycles. The molecule has 3 N–H and O–H groups in total. The molecule has 3 aromatic heterocycles. The highest BCUT2D eigenvalue weighted by molar-refractivity contribution is 6.00. The molecule has 0 bridgehead atoms. The standard InChI is InChI=1S/C22H27FN6O2/c1-13-7-20-25-11-18(29(20)27-9-13)17-8-16(28-14-5-4-6-14)15(10-24-17)21(30)26-12-19(23)22(2,3)31/h7-11,14,19,31H,4-6,12H2,1-3H3,(H,24,28)(H,26,30)/t19-/m1/s1. The van der Waals surface area contributed by atoms with Crippen molar-refractivity contribution in [2.45, 2.75) is 57.8 Å². The van der Waals surface area contributed by atoms with Crippen molar-refractivity contribution in [2.24, 2.45) is 0 Å². The number of fused-ring (bicyclic) bond motifs is 1. The monoisotopic (exact) mass is 426 g/mol. The van der Waals surface area contributed by atoms with E-state index in [1.165, 1.54) is 20.0 Å². The molecule has 0 spiro atoms. The largest absolute Gasteiger partial charge is 0.387 e. The first kappa shape index (κ1) is 21.2. The highest BCUT2D eigenvalue weighted by Crippen LogP contribution is 2.29.